The van der Waals surface area contributed by atoms with Crippen molar-refractivity contribution in [3.05, 3.63) is 47.7 Å². The summed E-state index contributed by atoms with van der Waals surface area (Å²) < 4.78 is 5.13. The number of rotatable bonds is 6. The predicted molar refractivity (Wildman–Crippen MR) is 92.5 cm³/mol. The molecule has 0 spiro atoms. The fraction of sp³-hybridized carbons (Fsp3) is 0.389. The maximum atomic E-state index is 12.1. The van der Waals surface area contributed by atoms with Crippen LogP contribution in [-0.4, -0.2) is 42.8 Å². The van der Waals surface area contributed by atoms with Gasteiger partial charge in [-0.15, -0.1) is 10.2 Å². The van der Waals surface area contributed by atoms with Crippen LogP contribution in [0.1, 0.15) is 28.9 Å². The number of hydrogen-bond acceptors (Lipinski definition) is 5. The first-order valence-corrected chi connectivity index (χ1v) is 8.26. The van der Waals surface area contributed by atoms with Crippen molar-refractivity contribution in [3.63, 3.8) is 0 Å². The second-order valence-corrected chi connectivity index (χ2v) is 5.82. The van der Waals surface area contributed by atoms with Gasteiger partial charge in [-0.3, -0.25) is 4.79 Å². The SMILES string of the molecule is COc1ccc(CCNC(=O)c2ccc(N3CCCC3)nn2)cc1. The number of ether oxygens (including phenoxy) is 1. The van der Waals surface area contributed by atoms with Crippen LogP contribution in [0.5, 0.6) is 5.75 Å². The minimum absolute atomic E-state index is 0.191. The van der Waals surface area contributed by atoms with Gasteiger partial charge in [0.05, 0.1) is 7.11 Å². The Labute approximate surface area is 141 Å². The Balaban J connectivity index is 1.49. The van der Waals surface area contributed by atoms with Gasteiger partial charge in [0.25, 0.3) is 5.91 Å². The van der Waals surface area contributed by atoms with Gasteiger partial charge >= 0.3 is 0 Å². The first-order chi connectivity index (χ1) is 11.8. The number of hydrogen-bond donors (Lipinski definition) is 1. The molecule has 1 saturated heterocycles. The van der Waals surface area contributed by atoms with Crippen LogP contribution in [-0.2, 0) is 6.42 Å². The number of benzene rings is 1. The largest absolute Gasteiger partial charge is 0.497 e. The van der Waals surface area contributed by atoms with Crippen LogP contribution in [0.3, 0.4) is 0 Å². The number of anilines is 1. The number of carbonyl (C=O) groups is 1. The van der Waals surface area contributed by atoms with Crippen LogP contribution >= 0.6 is 0 Å². The van der Waals surface area contributed by atoms with Gasteiger partial charge in [-0.05, 0) is 49.1 Å². The molecule has 6 nitrogen and oxygen atoms in total. The Bertz CT molecular complexity index is 664. The monoisotopic (exact) mass is 326 g/mol. The van der Waals surface area contributed by atoms with Crippen molar-refractivity contribution in [2.75, 3.05) is 31.6 Å². The van der Waals surface area contributed by atoms with Crippen molar-refractivity contribution in [1.82, 2.24) is 15.5 Å². The number of nitrogens with one attached hydrogen (secondary N) is 1. The smallest absolute Gasteiger partial charge is 0.271 e. The summed E-state index contributed by atoms with van der Waals surface area (Å²) in [5.41, 5.74) is 1.50. The Morgan fingerprint density at radius 3 is 2.50 bits per heavy atom. The number of nitrogens with zero attached hydrogens (tertiary/aromatic N) is 3. The van der Waals surface area contributed by atoms with Gasteiger partial charge in [0.1, 0.15) is 5.75 Å². The molecule has 6 heteroatoms. The normalized spacial score (nSPS) is 13.8. The molecule has 2 heterocycles. The fourth-order valence-electron chi connectivity index (χ4n) is 2.76. The van der Waals surface area contributed by atoms with E-state index in [1.165, 1.54) is 12.8 Å². The van der Waals surface area contributed by atoms with Gasteiger partial charge in [-0.2, -0.15) is 0 Å². The van der Waals surface area contributed by atoms with Crippen molar-refractivity contribution >= 4 is 11.7 Å². The number of carbonyl (C=O) groups excluding carboxylic acids is 1. The van der Waals surface area contributed by atoms with Crippen LogP contribution in [0.2, 0.25) is 0 Å². The Morgan fingerprint density at radius 2 is 1.88 bits per heavy atom. The van der Waals surface area contributed by atoms with Crippen LogP contribution < -0.4 is 15.0 Å². The van der Waals surface area contributed by atoms with E-state index in [1.807, 2.05) is 30.3 Å². The van der Waals surface area contributed by atoms with Crippen LogP contribution in [0.15, 0.2) is 36.4 Å². The van der Waals surface area contributed by atoms with E-state index < -0.39 is 0 Å². The summed E-state index contributed by atoms with van der Waals surface area (Å²) in [6.07, 6.45) is 3.14. The lowest BCUT2D eigenvalue weighted by atomic mass is 10.1. The molecule has 3 rings (SSSR count). The van der Waals surface area contributed by atoms with Crippen molar-refractivity contribution in [3.8, 4) is 5.75 Å². The highest BCUT2D eigenvalue weighted by Crippen LogP contribution is 2.16. The molecular weight excluding hydrogens is 304 g/mol. The quantitative estimate of drug-likeness (QED) is 0.880. The lowest BCUT2D eigenvalue weighted by Crippen LogP contribution is -2.27. The summed E-state index contributed by atoms with van der Waals surface area (Å²) in [7, 11) is 1.64. The standard InChI is InChI=1S/C18H22N4O2/c1-24-15-6-4-14(5-7-15)10-11-19-18(23)16-8-9-17(21-20-16)22-12-2-3-13-22/h4-9H,2-3,10-13H2,1H3,(H,19,23). The molecule has 1 N–H and O–H groups in total. The minimum Gasteiger partial charge on any atom is -0.497 e. The van der Waals surface area contributed by atoms with Gasteiger partial charge in [0.2, 0.25) is 0 Å². The molecule has 0 saturated carbocycles. The lowest BCUT2D eigenvalue weighted by molar-refractivity contribution is 0.0948. The van der Waals surface area contributed by atoms with Gasteiger partial charge in [0, 0.05) is 19.6 Å². The third kappa shape index (κ3) is 4.01. The third-order valence-corrected chi connectivity index (χ3v) is 4.17. The van der Waals surface area contributed by atoms with Crippen LogP contribution in [0.25, 0.3) is 0 Å². The molecule has 1 aliphatic rings. The molecule has 1 amide bonds. The number of amides is 1. The molecule has 126 valence electrons. The molecule has 0 bridgehead atoms. The predicted octanol–water partition coefficient (Wildman–Crippen LogP) is 2.06. The van der Waals surface area contributed by atoms with E-state index in [9.17, 15) is 4.79 Å². The van der Waals surface area contributed by atoms with Gasteiger partial charge < -0.3 is 15.0 Å². The topological polar surface area (TPSA) is 67.3 Å². The Kier molecular flexibility index (Phi) is 5.25. The summed E-state index contributed by atoms with van der Waals surface area (Å²) in [6, 6.07) is 11.4. The molecule has 1 aromatic heterocycles. The van der Waals surface area contributed by atoms with E-state index in [0.717, 1.165) is 36.6 Å². The first kappa shape index (κ1) is 16.2. The average molecular weight is 326 g/mol. The van der Waals surface area contributed by atoms with E-state index >= 15 is 0 Å². The first-order valence-electron chi connectivity index (χ1n) is 8.26. The van der Waals surface area contributed by atoms with Crippen LogP contribution in [0, 0.1) is 0 Å². The molecule has 0 atom stereocenters. The van der Waals surface area contributed by atoms with E-state index in [2.05, 4.69) is 20.4 Å². The zero-order chi connectivity index (χ0) is 16.8. The molecule has 0 radical (unpaired) electrons. The van der Waals surface area contributed by atoms with Crippen molar-refractivity contribution < 1.29 is 9.53 Å². The molecule has 24 heavy (non-hydrogen) atoms. The highest BCUT2D eigenvalue weighted by Gasteiger charge is 2.15. The highest BCUT2D eigenvalue weighted by molar-refractivity contribution is 5.92. The van der Waals surface area contributed by atoms with Crippen molar-refractivity contribution in [2.24, 2.45) is 0 Å². The zero-order valence-corrected chi connectivity index (χ0v) is 13.9. The Morgan fingerprint density at radius 1 is 1.12 bits per heavy atom. The fourth-order valence-corrected chi connectivity index (χ4v) is 2.76. The Hall–Kier alpha value is -2.63. The second-order valence-electron chi connectivity index (χ2n) is 5.82. The lowest BCUT2D eigenvalue weighted by Gasteiger charge is -2.15. The maximum absolute atomic E-state index is 12.1. The summed E-state index contributed by atoms with van der Waals surface area (Å²) in [6.45, 7) is 2.59. The van der Waals surface area contributed by atoms with E-state index in [1.54, 1.807) is 13.2 Å². The number of methoxy groups -OCH3 is 1. The highest BCUT2D eigenvalue weighted by atomic mass is 16.5. The maximum Gasteiger partial charge on any atom is 0.271 e. The average Bonchev–Trinajstić information content (AvgIpc) is 3.17. The summed E-state index contributed by atoms with van der Waals surface area (Å²) >= 11 is 0. The van der Waals surface area contributed by atoms with Crippen LogP contribution in [0.4, 0.5) is 5.82 Å². The van der Waals surface area contributed by atoms with Gasteiger partial charge in [-0.25, -0.2) is 0 Å². The molecular formula is C18H22N4O2. The molecule has 2 aromatic rings. The molecule has 1 aliphatic heterocycles. The third-order valence-electron chi connectivity index (χ3n) is 4.17. The zero-order valence-electron chi connectivity index (χ0n) is 13.9. The molecule has 1 fully saturated rings. The summed E-state index contributed by atoms with van der Waals surface area (Å²) in [5, 5.41) is 11.1. The molecule has 0 aliphatic carbocycles. The van der Waals surface area contributed by atoms with Crippen molar-refractivity contribution in [1.29, 1.82) is 0 Å². The molecule has 0 unspecified atom stereocenters. The molecule has 1 aromatic carbocycles. The summed E-state index contributed by atoms with van der Waals surface area (Å²) in [4.78, 5) is 14.3. The van der Waals surface area contributed by atoms with E-state index in [-0.39, 0.29) is 5.91 Å². The van der Waals surface area contributed by atoms with E-state index in [4.69, 9.17) is 4.74 Å². The summed E-state index contributed by atoms with van der Waals surface area (Å²) in [5.74, 6) is 1.49. The minimum atomic E-state index is -0.191. The second kappa shape index (κ2) is 7.77. The van der Waals surface area contributed by atoms with Gasteiger partial charge in [-0.1, -0.05) is 12.1 Å². The van der Waals surface area contributed by atoms with E-state index in [0.29, 0.717) is 12.2 Å². The number of aromatic nitrogens is 2. The van der Waals surface area contributed by atoms with Crippen molar-refractivity contribution in [2.45, 2.75) is 19.3 Å². The van der Waals surface area contributed by atoms with Gasteiger partial charge in [0.15, 0.2) is 11.5 Å².